The summed E-state index contributed by atoms with van der Waals surface area (Å²) in [5.41, 5.74) is 5.20. The zero-order chi connectivity index (χ0) is 10.7. The Morgan fingerprint density at radius 1 is 1.50 bits per heavy atom. The number of nitrogens with two attached hydrogens (primary N) is 1. The molecule has 1 heterocycles. The van der Waals surface area contributed by atoms with Crippen LogP contribution in [0.1, 0.15) is 20.3 Å². The SMILES string of the molecule is CC(C)C(=O)CN1CCC(C(N)=O)C1. The minimum atomic E-state index is -0.246. The van der Waals surface area contributed by atoms with E-state index in [1.807, 2.05) is 18.7 Å². The lowest BCUT2D eigenvalue weighted by molar-refractivity contribution is -0.124. The molecule has 0 radical (unpaired) electrons. The van der Waals surface area contributed by atoms with E-state index in [1.54, 1.807) is 0 Å². The molecule has 1 atom stereocenters. The van der Waals surface area contributed by atoms with Gasteiger partial charge in [0.1, 0.15) is 5.78 Å². The maximum absolute atomic E-state index is 11.4. The van der Waals surface area contributed by atoms with Crippen LogP contribution in [0, 0.1) is 11.8 Å². The predicted molar refractivity (Wildman–Crippen MR) is 53.6 cm³/mol. The van der Waals surface area contributed by atoms with Gasteiger partial charge in [-0.25, -0.2) is 0 Å². The lowest BCUT2D eigenvalue weighted by Gasteiger charge is -2.15. The maximum Gasteiger partial charge on any atom is 0.221 e. The van der Waals surface area contributed by atoms with Crippen LogP contribution < -0.4 is 5.73 Å². The number of nitrogens with zero attached hydrogens (tertiary/aromatic N) is 1. The average molecular weight is 198 g/mol. The number of likely N-dealkylation sites (tertiary alicyclic amines) is 1. The molecule has 0 aromatic carbocycles. The minimum Gasteiger partial charge on any atom is -0.369 e. The first-order valence-electron chi connectivity index (χ1n) is 5.05. The van der Waals surface area contributed by atoms with Gasteiger partial charge in [-0.05, 0) is 13.0 Å². The molecule has 0 aliphatic carbocycles. The van der Waals surface area contributed by atoms with Crippen LogP contribution in [0.5, 0.6) is 0 Å². The Kier molecular flexibility index (Phi) is 3.63. The van der Waals surface area contributed by atoms with E-state index in [1.165, 1.54) is 0 Å². The monoisotopic (exact) mass is 198 g/mol. The highest BCUT2D eigenvalue weighted by Crippen LogP contribution is 2.15. The van der Waals surface area contributed by atoms with Crippen LogP contribution in [0.25, 0.3) is 0 Å². The third kappa shape index (κ3) is 2.80. The molecule has 0 aromatic rings. The molecule has 0 aromatic heterocycles. The third-order valence-electron chi connectivity index (χ3n) is 2.70. The molecule has 1 fully saturated rings. The molecule has 1 amide bonds. The van der Waals surface area contributed by atoms with Crippen LogP contribution in [0.4, 0.5) is 0 Å². The second kappa shape index (κ2) is 4.55. The first-order chi connectivity index (χ1) is 6.50. The smallest absolute Gasteiger partial charge is 0.221 e. The van der Waals surface area contributed by atoms with Crippen LogP contribution in [0.2, 0.25) is 0 Å². The molecule has 1 unspecified atom stereocenters. The van der Waals surface area contributed by atoms with Crippen LogP contribution >= 0.6 is 0 Å². The number of primary amides is 1. The van der Waals surface area contributed by atoms with Gasteiger partial charge in [-0.1, -0.05) is 13.8 Å². The first-order valence-corrected chi connectivity index (χ1v) is 5.05. The molecular weight excluding hydrogens is 180 g/mol. The summed E-state index contributed by atoms with van der Waals surface area (Å²) in [6.45, 7) is 5.70. The summed E-state index contributed by atoms with van der Waals surface area (Å²) in [6, 6.07) is 0. The second-order valence-corrected chi connectivity index (χ2v) is 4.24. The molecule has 0 saturated carbocycles. The van der Waals surface area contributed by atoms with Crippen molar-refractivity contribution in [3.63, 3.8) is 0 Å². The second-order valence-electron chi connectivity index (χ2n) is 4.24. The summed E-state index contributed by atoms with van der Waals surface area (Å²) < 4.78 is 0. The van der Waals surface area contributed by atoms with Gasteiger partial charge in [-0.15, -0.1) is 0 Å². The summed E-state index contributed by atoms with van der Waals surface area (Å²) in [7, 11) is 0. The van der Waals surface area contributed by atoms with E-state index >= 15 is 0 Å². The van der Waals surface area contributed by atoms with Gasteiger partial charge in [0.2, 0.25) is 5.91 Å². The van der Waals surface area contributed by atoms with E-state index in [0.717, 1.165) is 13.0 Å². The third-order valence-corrected chi connectivity index (χ3v) is 2.70. The van der Waals surface area contributed by atoms with E-state index in [-0.39, 0.29) is 23.5 Å². The van der Waals surface area contributed by atoms with Crippen molar-refractivity contribution in [1.82, 2.24) is 4.90 Å². The van der Waals surface area contributed by atoms with Gasteiger partial charge >= 0.3 is 0 Å². The topological polar surface area (TPSA) is 63.4 Å². The standard InChI is InChI=1S/C10H18N2O2/c1-7(2)9(13)6-12-4-3-8(5-12)10(11)14/h7-8H,3-6H2,1-2H3,(H2,11,14). The van der Waals surface area contributed by atoms with Crippen molar-refractivity contribution >= 4 is 11.7 Å². The number of rotatable bonds is 4. The van der Waals surface area contributed by atoms with Gasteiger partial charge in [0.25, 0.3) is 0 Å². The van der Waals surface area contributed by atoms with E-state index < -0.39 is 0 Å². The number of hydrogen-bond acceptors (Lipinski definition) is 3. The number of amides is 1. The zero-order valence-corrected chi connectivity index (χ0v) is 8.82. The fraction of sp³-hybridized carbons (Fsp3) is 0.800. The molecule has 14 heavy (non-hydrogen) atoms. The molecule has 4 nitrogen and oxygen atoms in total. The Morgan fingerprint density at radius 2 is 2.14 bits per heavy atom. The van der Waals surface area contributed by atoms with Gasteiger partial charge in [-0.2, -0.15) is 0 Å². The Labute approximate surface area is 84.4 Å². The number of ketones is 1. The van der Waals surface area contributed by atoms with Crippen molar-refractivity contribution in [2.45, 2.75) is 20.3 Å². The fourth-order valence-electron chi connectivity index (χ4n) is 1.61. The highest BCUT2D eigenvalue weighted by Gasteiger charge is 2.27. The summed E-state index contributed by atoms with van der Waals surface area (Å²) in [5.74, 6) is -0.00259. The lowest BCUT2D eigenvalue weighted by atomic mass is 10.1. The molecule has 1 saturated heterocycles. The molecule has 1 aliphatic rings. The highest BCUT2D eigenvalue weighted by atomic mass is 16.1. The summed E-state index contributed by atoms with van der Waals surface area (Å²) >= 11 is 0. The van der Waals surface area contributed by atoms with E-state index in [0.29, 0.717) is 13.1 Å². The molecule has 1 aliphatic heterocycles. The van der Waals surface area contributed by atoms with Crippen LogP contribution in [-0.4, -0.2) is 36.2 Å². The van der Waals surface area contributed by atoms with E-state index in [9.17, 15) is 9.59 Å². The van der Waals surface area contributed by atoms with Gasteiger partial charge in [0.05, 0.1) is 12.5 Å². The van der Waals surface area contributed by atoms with Crippen molar-refractivity contribution in [1.29, 1.82) is 0 Å². The Hall–Kier alpha value is -0.900. The number of carbonyl (C=O) groups is 2. The predicted octanol–water partition coefficient (Wildman–Crippen LogP) is 0.0187. The first kappa shape index (κ1) is 11.2. The molecule has 1 rings (SSSR count). The van der Waals surface area contributed by atoms with Gasteiger partial charge in [0.15, 0.2) is 0 Å². The highest BCUT2D eigenvalue weighted by molar-refractivity contribution is 5.82. The summed E-state index contributed by atoms with van der Waals surface area (Å²) in [6.07, 6.45) is 0.792. The molecule has 0 spiro atoms. The average Bonchev–Trinajstić information content (AvgIpc) is 2.52. The summed E-state index contributed by atoms with van der Waals surface area (Å²) in [4.78, 5) is 24.3. The summed E-state index contributed by atoms with van der Waals surface area (Å²) in [5, 5.41) is 0. The molecule has 80 valence electrons. The van der Waals surface area contributed by atoms with Crippen LogP contribution in [0.3, 0.4) is 0 Å². The largest absolute Gasteiger partial charge is 0.369 e. The van der Waals surface area contributed by atoms with Crippen molar-refractivity contribution in [3.8, 4) is 0 Å². The van der Waals surface area contributed by atoms with Crippen molar-refractivity contribution in [3.05, 3.63) is 0 Å². The minimum absolute atomic E-state index is 0.0602. The van der Waals surface area contributed by atoms with E-state index in [4.69, 9.17) is 5.73 Å². The van der Waals surface area contributed by atoms with Crippen molar-refractivity contribution < 1.29 is 9.59 Å². The van der Waals surface area contributed by atoms with E-state index in [2.05, 4.69) is 0 Å². The molecule has 0 bridgehead atoms. The quantitative estimate of drug-likeness (QED) is 0.692. The van der Waals surface area contributed by atoms with Gasteiger partial charge < -0.3 is 5.73 Å². The normalized spacial score (nSPS) is 22.9. The van der Waals surface area contributed by atoms with Crippen molar-refractivity contribution in [2.75, 3.05) is 19.6 Å². The van der Waals surface area contributed by atoms with Crippen LogP contribution in [-0.2, 0) is 9.59 Å². The fourth-order valence-corrected chi connectivity index (χ4v) is 1.61. The molecule has 2 N–H and O–H groups in total. The van der Waals surface area contributed by atoms with Crippen LogP contribution in [0.15, 0.2) is 0 Å². The molecular formula is C10H18N2O2. The Bertz CT molecular complexity index is 238. The van der Waals surface area contributed by atoms with Gasteiger partial charge in [0, 0.05) is 12.5 Å². The van der Waals surface area contributed by atoms with Gasteiger partial charge in [-0.3, -0.25) is 14.5 Å². The Morgan fingerprint density at radius 3 is 2.57 bits per heavy atom. The van der Waals surface area contributed by atoms with Crippen molar-refractivity contribution in [2.24, 2.45) is 17.6 Å². The number of hydrogen-bond donors (Lipinski definition) is 1. The zero-order valence-electron chi connectivity index (χ0n) is 8.82. The lowest BCUT2D eigenvalue weighted by Crippen LogP contribution is -2.32. The number of carbonyl (C=O) groups excluding carboxylic acids is 2. The Balaban J connectivity index is 2.36. The number of Topliss-reactive ketones (excluding diaryl/α,β-unsaturated/α-hetero) is 1. The molecule has 4 heteroatoms. The maximum atomic E-state index is 11.4.